The molecule has 0 bridgehead atoms. The Bertz CT molecular complexity index is 583. The SMILES string of the molecule is CO[C@@H]1CC[C@H](C(=O)NCCC2CCN(Cc3ccccc3)CC2)C[C@H]1N.Cl.Cl. The van der Waals surface area contributed by atoms with Crippen LogP contribution in [0.25, 0.3) is 0 Å². The number of likely N-dealkylation sites (tertiary alicyclic amines) is 1. The van der Waals surface area contributed by atoms with E-state index in [2.05, 4.69) is 40.5 Å². The summed E-state index contributed by atoms with van der Waals surface area (Å²) in [5, 5.41) is 3.16. The predicted octanol–water partition coefficient (Wildman–Crippen LogP) is 3.39. The number of ether oxygens (including phenoxy) is 1. The summed E-state index contributed by atoms with van der Waals surface area (Å²) in [5.41, 5.74) is 7.51. The summed E-state index contributed by atoms with van der Waals surface area (Å²) >= 11 is 0. The van der Waals surface area contributed by atoms with Crippen LogP contribution in [-0.4, -0.2) is 49.7 Å². The molecule has 1 saturated carbocycles. The number of rotatable bonds is 7. The highest BCUT2D eigenvalue weighted by Gasteiger charge is 2.31. The lowest BCUT2D eigenvalue weighted by Gasteiger charge is -2.33. The molecule has 0 unspecified atom stereocenters. The first-order valence-corrected chi connectivity index (χ1v) is 10.5. The van der Waals surface area contributed by atoms with Gasteiger partial charge in [-0.2, -0.15) is 0 Å². The van der Waals surface area contributed by atoms with Crippen molar-refractivity contribution in [2.24, 2.45) is 17.6 Å². The van der Waals surface area contributed by atoms with Crippen molar-refractivity contribution in [2.45, 2.75) is 57.2 Å². The molecule has 166 valence electrons. The van der Waals surface area contributed by atoms with Gasteiger partial charge in [-0.25, -0.2) is 0 Å². The minimum absolute atomic E-state index is 0. The second-order valence-corrected chi connectivity index (χ2v) is 8.23. The van der Waals surface area contributed by atoms with E-state index in [0.29, 0.717) is 0 Å². The molecule has 1 saturated heterocycles. The summed E-state index contributed by atoms with van der Waals surface area (Å²) in [7, 11) is 1.70. The first-order valence-electron chi connectivity index (χ1n) is 10.5. The predicted molar refractivity (Wildman–Crippen MR) is 123 cm³/mol. The van der Waals surface area contributed by atoms with Gasteiger partial charge in [-0.15, -0.1) is 24.8 Å². The molecule has 0 spiro atoms. The molecule has 1 aliphatic heterocycles. The summed E-state index contributed by atoms with van der Waals surface area (Å²) in [4.78, 5) is 15.0. The largest absolute Gasteiger partial charge is 0.380 e. The van der Waals surface area contributed by atoms with Crippen LogP contribution in [0, 0.1) is 11.8 Å². The van der Waals surface area contributed by atoms with Crippen molar-refractivity contribution in [2.75, 3.05) is 26.7 Å². The summed E-state index contributed by atoms with van der Waals surface area (Å²) in [6.07, 6.45) is 6.16. The molecule has 1 amide bonds. The lowest BCUT2D eigenvalue weighted by molar-refractivity contribution is -0.127. The van der Waals surface area contributed by atoms with Crippen LogP contribution in [-0.2, 0) is 16.1 Å². The number of nitrogens with zero attached hydrogens (tertiary/aromatic N) is 1. The Morgan fingerprint density at radius 3 is 2.45 bits per heavy atom. The van der Waals surface area contributed by atoms with Crippen molar-refractivity contribution < 1.29 is 9.53 Å². The highest BCUT2D eigenvalue weighted by Crippen LogP contribution is 2.26. The number of hydrogen-bond donors (Lipinski definition) is 2. The topological polar surface area (TPSA) is 67.6 Å². The molecule has 7 heteroatoms. The molecule has 2 aliphatic rings. The van der Waals surface area contributed by atoms with Crippen LogP contribution in [0.3, 0.4) is 0 Å². The molecule has 3 atom stereocenters. The number of benzene rings is 1. The highest BCUT2D eigenvalue weighted by molar-refractivity contribution is 5.85. The molecule has 3 N–H and O–H groups in total. The fourth-order valence-electron chi connectivity index (χ4n) is 4.53. The van der Waals surface area contributed by atoms with E-state index in [9.17, 15) is 4.79 Å². The van der Waals surface area contributed by atoms with E-state index >= 15 is 0 Å². The fourth-order valence-corrected chi connectivity index (χ4v) is 4.53. The van der Waals surface area contributed by atoms with Gasteiger partial charge in [-0.05, 0) is 63.1 Å². The number of piperidine rings is 1. The van der Waals surface area contributed by atoms with E-state index in [4.69, 9.17) is 10.5 Å². The molecule has 1 aromatic carbocycles. The Labute approximate surface area is 187 Å². The molecule has 0 aromatic heterocycles. The van der Waals surface area contributed by atoms with Gasteiger partial charge in [0.2, 0.25) is 5.91 Å². The Morgan fingerprint density at radius 2 is 1.83 bits per heavy atom. The summed E-state index contributed by atoms with van der Waals surface area (Å²) in [5.74, 6) is 0.962. The third kappa shape index (κ3) is 8.06. The van der Waals surface area contributed by atoms with Crippen LogP contribution in [0.1, 0.15) is 44.1 Å². The molecule has 1 heterocycles. The zero-order valence-corrected chi connectivity index (χ0v) is 19.1. The van der Waals surface area contributed by atoms with E-state index in [0.717, 1.165) is 57.8 Å². The van der Waals surface area contributed by atoms with Crippen molar-refractivity contribution in [3.05, 3.63) is 35.9 Å². The standard InChI is InChI=1S/C22H35N3O2.2ClH/c1-27-21-8-7-19(15-20(21)23)22(26)24-12-9-17-10-13-25(14-11-17)16-18-5-3-2-4-6-18;;/h2-6,17,19-21H,7-16,23H2,1H3,(H,24,26);2*1H/t19-,20+,21+;;/m0../s1. The monoisotopic (exact) mass is 445 g/mol. The number of carbonyl (C=O) groups excluding carboxylic acids is 1. The normalized spacial score (nSPS) is 25.5. The average Bonchev–Trinajstić information content (AvgIpc) is 2.70. The van der Waals surface area contributed by atoms with Crippen molar-refractivity contribution in [3.8, 4) is 0 Å². The summed E-state index contributed by atoms with van der Waals surface area (Å²) in [6, 6.07) is 10.7. The molecular weight excluding hydrogens is 409 g/mol. The number of carbonyl (C=O) groups is 1. The minimum atomic E-state index is -0.0200. The van der Waals surface area contributed by atoms with E-state index in [-0.39, 0.29) is 48.8 Å². The van der Waals surface area contributed by atoms with Gasteiger partial charge in [0.05, 0.1) is 6.10 Å². The molecule has 29 heavy (non-hydrogen) atoms. The number of amides is 1. The fraction of sp³-hybridized carbons (Fsp3) is 0.682. The number of hydrogen-bond acceptors (Lipinski definition) is 4. The molecule has 3 rings (SSSR count). The molecular formula is C22H37Cl2N3O2. The van der Waals surface area contributed by atoms with Crippen molar-refractivity contribution in [1.82, 2.24) is 10.2 Å². The van der Waals surface area contributed by atoms with Crippen LogP contribution in [0.2, 0.25) is 0 Å². The van der Waals surface area contributed by atoms with E-state index in [1.54, 1.807) is 7.11 Å². The first kappa shape index (κ1) is 26.2. The van der Waals surface area contributed by atoms with Crippen molar-refractivity contribution >= 4 is 30.7 Å². The second-order valence-electron chi connectivity index (χ2n) is 8.23. The smallest absolute Gasteiger partial charge is 0.223 e. The van der Waals surface area contributed by atoms with Crippen LogP contribution < -0.4 is 11.1 Å². The van der Waals surface area contributed by atoms with Gasteiger partial charge < -0.3 is 15.8 Å². The van der Waals surface area contributed by atoms with Gasteiger partial charge in [-0.1, -0.05) is 30.3 Å². The average molecular weight is 446 g/mol. The number of nitrogens with two attached hydrogens (primary N) is 1. The zero-order chi connectivity index (χ0) is 19.1. The molecule has 2 fully saturated rings. The van der Waals surface area contributed by atoms with Crippen molar-refractivity contribution in [3.63, 3.8) is 0 Å². The van der Waals surface area contributed by atoms with E-state index in [1.165, 1.54) is 18.4 Å². The Kier molecular flexibility index (Phi) is 12.1. The number of methoxy groups -OCH3 is 1. The lowest BCUT2D eigenvalue weighted by Crippen LogP contribution is -2.46. The van der Waals surface area contributed by atoms with Crippen molar-refractivity contribution in [1.29, 1.82) is 0 Å². The van der Waals surface area contributed by atoms with Gasteiger partial charge in [0, 0.05) is 32.2 Å². The zero-order valence-electron chi connectivity index (χ0n) is 17.4. The van der Waals surface area contributed by atoms with Gasteiger partial charge in [0.25, 0.3) is 0 Å². The Hall–Kier alpha value is -0.850. The number of nitrogens with one attached hydrogen (secondary N) is 1. The van der Waals surface area contributed by atoms with Gasteiger partial charge in [0.1, 0.15) is 0 Å². The third-order valence-corrected chi connectivity index (χ3v) is 6.32. The van der Waals surface area contributed by atoms with Crippen LogP contribution >= 0.6 is 24.8 Å². The lowest BCUT2D eigenvalue weighted by atomic mass is 9.83. The maximum Gasteiger partial charge on any atom is 0.223 e. The summed E-state index contributed by atoms with van der Waals surface area (Å²) < 4.78 is 5.38. The minimum Gasteiger partial charge on any atom is -0.380 e. The molecule has 1 aromatic rings. The van der Waals surface area contributed by atoms with Crippen LogP contribution in [0.4, 0.5) is 0 Å². The molecule has 1 aliphatic carbocycles. The maximum atomic E-state index is 12.4. The van der Waals surface area contributed by atoms with E-state index < -0.39 is 0 Å². The Balaban J connectivity index is 0.00000210. The third-order valence-electron chi connectivity index (χ3n) is 6.32. The number of halogens is 2. The van der Waals surface area contributed by atoms with Gasteiger partial charge >= 0.3 is 0 Å². The summed E-state index contributed by atoms with van der Waals surface area (Å²) in [6.45, 7) is 4.16. The van der Waals surface area contributed by atoms with Crippen LogP contribution in [0.15, 0.2) is 30.3 Å². The van der Waals surface area contributed by atoms with Gasteiger partial charge in [-0.3, -0.25) is 9.69 Å². The maximum absolute atomic E-state index is 12.4. The quantitative estimate of drug-likeness (QED) is 0.674. The highest BCUT2D eigenvalue weighted by atomic mass is 35.5. The Morgan fingerprint density at radius 1 is 1.14 bits per heavy atom. The van der Waals surface area contributed by atoms with Crippen LogP contribution in [0.5, 0.6) is 0 Å². The van der Waals surface area contributed by atoms with E-state index in [1.807, 2.05) is 0 Å². The second kappa shape index (κ2) is 13.5. The first-order chi connectivity index (χ1) is 13.2. The van der Waals surface area contributed by atoms with Gasteiger partial charge in [0.15, 0.2) is 0 Å². The molecule has 0 radical (unpaired) electrons. The molecule has 5 nitrogen and oxygen atoms in total.